The second-order valence-corrected chi connectivity index (χ2v) is 5.18. The third kappa shape index (κ3) is 4.67. The van der Waals surface area contributed by atoms with E-state index in [1.54, 1.807) is 45.0 Å². The summed E-state index contributed by atoms with van der Waals surface area (Å²) in [5.74, 6) is -0.786. The van der Waals surface area contributed by atoms with Crippen LogP contribution in [0.5, 0.6) is 5.75 Å². The molecular formula is C14H17BrO4. The van der Waals surface area contributed by atoms with Gasteiger partial charge in [0.2, 0.25) is 0 Å². The Kier molecular flexibility index (Phi) is 6.02. The van der Waals surface area contributed by atoms with Crippen LogP contribution in [0.2, 0.25) is 0 Å². The molecule has 4 nitrogen and oxygen atoms in total. The molecule has 0 heterocycles. The van der Waals surface area contributed by atoms with Gasteiger partial charge in [-0.15, -0.1) is 0 Å². The predicted octanol–water partition coefficient (Wildman–Crippen LogP) is 2.98. The summed E-state index contributed by atoms with van der Waals surface area (Å²) < 4.78 is 11.2. The highest BCUT2D eigenvalue weighted by atomic mass is 79.9. The number of carbonyl (C=O) groups excluding carboxylic acids is 2. The molecular weight excluding hydrogens is 312 g/mol. The molecule has 0 spiro atoms. The Balaban J connectivity index is 2.87. The van der Waals surface area contributed by atoms with Gasteiger partial charge in [-0.1, -0.05) is 29.8 Å². The smallest absolute Gasteiger partial charge is 0.355 e. The summed E-state index contributed by atoms with van der Waals surface area (Å²) >= 11 is 3.30. The number of ketones is 1. The van der Waals surface area contributed by atoms with Crippen LogP contribution in [0.3, 0.4) is 0 Å². The molecule has 0 aliphatic carbocycles. The zero-order valence-corrected chi connectivity index (χ0v) is 12.8. The molecule has 0 aliphatic rings. The van der Waals surface area contributed by atoms with Gasteiger partial charge in [-0.2, -0.15) is 0 Å². The van der Waals surface area contributed by atoms with Gasteiger partial charge in [0.25, 0.3) is 6.10 Å². The molecule has 1 aromatic carbocycles. The highest BCUT2D eigenvalue weighted by Gasteiger charge is 2.31. The average Bonchev–Trinajstić information content (AvgIpc) is 2.37. The van der Waals surface area contributed by atoms with Crippen molar-refractivity contribution in [1.29, 1.82) is 0 Å². The topological polar surface area (TPSA) is 52.6 Å². The van der Waals surface area contributed by atoms with Gasteiger partial charge in [0.05, 0.1) is 6.61 Å². The van der Waals surface area contributed by atoms with Gasteiger partial charge in [0.1, 0.15) is 5.75 Å². The maximum absolute atomic E-state index is 12.0. The summed E-state index contributed by atoms with van der Waals surface area (Å²) in [5.41, 5.74) is 0. The van der Waals surface area contributed by atoms with E-state index in [-0.39, 0.29) is 18.3 Å². The van der Waals surface area contributed by atoms with Crippen molar-refractivity contribution in [3.8, 4) is 5.75 Å². The fourth-order valence-electron chi connectivity index (χ4n) is 1.39. The second kappa shape index (κ2) is 7.28. The fourth-order valence-corrected chi connectivity index (χ4v) is 1.66. The molecule has 1 unspecified atom stereocenters. The lowest BCUT2D eigenvalue weighted by Crippen LogP contribution is -2.39. The third-order valence-electron chi connectivity index (χ3n) is 2.40. The zero-order valence-electron chi connectivity index (χ0n) is 11.2. The molecule has 0 amide bonds. The third-order valence-corrected chi connectivity index (χ3v) is 2.92. The summed E-state index contributed by atoms with van der Waals surface area (Å²) in [6.07, 6.45) is -1.21. The number of benzene rings is 1. The Morgan fingerprint density at radius 3 is 2.26 bits per heavy atom. The van der Waals surface area contributed by atoms with E-state index in [2.05, 4.69) is 15.9 Å². The number of esters is 1. The molecule has 0 radical (unpaired) electrons. The van der Waals surface area contributed by atoms with Gasteiger partial charge in [-0.25, -0.2) is 4.79 Å². The molecule has 1 atom stereocenters. The van der Waals surface area contributed by atoms with Crippen molar-refractivity contribution < 1.29 is 19.1 Å². The van der Waals surface area contributed by atoms with E-state index >= 15 is 0 Å². The number of ether oxygens (including phenoxy) is 2. The van der Waals surface area contributed by atoms with Crippen molar-refractivity contribution >= 4 is 27.7 Å². The monoisotopic (exact) mass is 328 g/mol. The largest absolute Gasteiger partial charge is 0.471 e. The quantitative estimate of drug-likeness (QED) is 0.595. The van der Waals surface area contributed by atoms with Gasteiger partial charge in [0, 0.05) is 10.4 Å². The maximum atomic E-state index is 12.0. The van der Waals surface area contributed by atoms with Gasteiger partial charge >= 0.3 is 5.97 Å². The summed E-state index contributed by atoms with van der Waals surface area (Å²) in [4.78, 5) is 23.8. The van der Waals surface area contributed by atoms with Crippen LogP contribution < -0.4 is 4.74 Å². The molecule has 19 heavy (non-hydrogen) atoms. The van der Waals surface area contributed by atoms with Gasteiger partial charge < -0.3 is 9.47 Å². The molecule has 5 heteroatoms. The SMILES string of the molecule is CCOC(=O)C(Oc1ccc(Br)cc1)C(=O)C(C)C. The van der Waals surface area contributed by atoms with Crippen molar-refractivity contribution in [2.45, 2.75) is 26.9 Å². The fraction of sp³-hybridized carbons (Fsp3) is 0.429. The van der Waals surface area contributed by atoms with Crippen molar-refractivity contribution in [2.75, 3.05) is 6.61 Å². The van der Waals surface area contributed by atoms with Crippen LogP contribution in [-0.2, 0) is 14.3 Å². The molecule has 0 N–H and O–H groups in total. The van der Waals surface area contributed by atoms with Gasteiger partial charge in [0.15, 0.2) is 5.78 Å². The number of Topliss-reactive ketones (excluding diaryl/α,β-unsaturated/α-hetero) is 1. The maximum Gasteiger partial charge on any atom is 0.355 e. The first-order valence-corrected chi connectivity index (χ1v) is 6.87. The highest BCUT2D eigenvalue weighted by molar-refractivity contribution is 9.10. The van der Waals surface area contributed by atoms with Crippen LogP contribution in [0.15, 0.2) is 28.7 Å². The lowest BCUT2D eigenvalue weighted by molar-refractivity contribution is -0.156. The Bertz CT molecular complexity index is 439. The predicted molar refractivity (Wildman–Crippen MR) is 75.0 cm³/mol. The van der Waals surface area contributed by atoms with Crippen LogP contribution in [0.25, 0.3) is 0 Å². The molecule has 0 aliphatic heterocycles. The standard InChI is InChI=1S/C14H17BrO4/c1-4-18-14(17)13(12(16)9(2)3)19-11-7-5-10(15)6-8-11/h5-9,13H,4H2,1-3H3. The molecule has 0 bridgehead atoms. The van der Waals surface area contributed by atoms with Crippen LogP contribution in [-0.4, -0.2) is 24.5 Å². The number of rotatable bonds is 6. The van der Waals surface area contributed by atoms with E-state index in [0.717, 1.165) is 4.47 Å². The lowest BCUT2D eigenvalue weighted by atomic mass is 10.0. The molecule has 1 rings (SSSR count). The van der Waals surface area contributed by atoms with E-state index in [1.165, 1.54) is 0 Å². The average molecular weight is 329 g/mol. The molecule has 0 aromatic heterocycles. The summed E-state index contributed by atoms with van der Waals surface area (Å²) in [6.45, 7) is 5.35. The Labute approximate surface area is 121 Å². The van der Waals surface area contributed by atoms with E-state index in [0.29, 0.717) is 5.75 Å². The van der Waals surface area contributed by atoms with Gasteiger partial charge in [-0.05, 0) is 31.2 Å². The van der Waals surface area contributed by atoms with Crippen LogP contribution >= 0.6 is 15.9 Å². The molecule has 0 fully saturated rings. The zero-order chi connectivity index (χ0) is 14.4. The van der Waals surface area contributed by atoms with E-state index in [9.17, 15) is 9.59 Å². The molecule has 0 saturated carbocycles. The van der Waals surface area contributed by atoms with Crippen LogP contribution in [0.4, 0.5) is 0 Å². The van der Waals surface area contributed by atoms with Crippen LogP contribution in [0, 0.1) is 5.92 Å². The first-order valence-electron chi connectivity index (χ1n) is 6.08. The number of halogens is 1. The van der Waals surface area contributed by atoms with E-state index in [4.69, 9.17) is 9.47 Å². The lowest BCUT2D eigenvalue weighted by Gasteiger charge is -2.18. The summed E-state index contributed by atoms with van der Waals surface area (Å²) in [5, 5.41) is 0. The number of hydrogen-bond donors (Lipinski definition) is 0. The van der Waals surface area contributed by atoms with E-state index in [1.807, 2.05) is 0 Å². The highest BCUT2D eigenvalue weighted by Crippen LogP contribution is 2.19. The van der Waals surface area contributed by atoms with Crippen molar-refractivity contribution in [3.05, 3.63) is 28.7 Å². The van der Waals surface area contributed by atoms with E-state index < -0.39 is 12.1 Å². The summed E-state index contributed by atoms with van der Waals surface area (Å²) in [7, 11) is 0. The Morgan fingerprint density at radius 2 is 1.79 bits per heavy atom. The minimum Gasteiger partial charge on any atom is -0.471 e. The molecule has 104 valence electrons. The summed E-state index contributed by atoms with van der Waals surface area (Å²) in [6, 6.07) is 6.92. The van der Waals surface area contributed by atoms with Crippen LogP contribution in [0.1, 0.15) is 20.8 Å². The van der Waals surface area contributed by atoms with Crippen molar-refractivity contribution in [1.82, 2.24) is 0 Å². The second-order valence-electron chi connectivity index (χ2n) is 4.26. The number of hydrogen-bond acceptors (Lipinski definition) is 4. The molecule has 0 saturated heterocycles. The Morgan fingerprint density at radius 1 is 1.21 bits per heavy atom. The first-order chi connectivity index (χ1) is 8.95. The first kappa shape index (κ1) is 15.7. The normalized spacial score (nSPS) is 12.1. The van der Waals surface area contributed by atoms with Gasteiger partial charge in [-0.3, -0.25) is 4.79 Å². The minimum absolute atomic E-state index is 0.213. The molecule has 1 aromatic rings. The van der Waals surface area contributed by atoms with Crippen molar-refractivity contribution in [3.63, 3.8) is 0 Å². The minimum atomic E-state index is -1.21. The van der Waals surface area contributed by atoms with Crippen molar-refractivity contribution in [2.24, 2.45) is 5.92 Å². The number of carbonyl (C=O) groups is 2. The Hall–Kier alpha value is -1.36.